The molecule has 296 valence electrons. The van der Waals surface area contributed by atoms with Crippen LogP contribution in [0, 0.1) is 107 Å². The van der Waals surface area contributed by atoms with Crippen molar-refractivity contribution in [3.63, 3.8) is 0 Å². The Hall–Kier alpha value is -2.18. The highest BCUT2D eigenvalue weighted by molar-refractivity contribution is 7.85. The fourth-order valence-electron chi connectivity index (χ4n) is 20.6. The third kappa shape index (κ3) is 4.38. The Kier molecular flexibility index (Phi) is 6.94. The zero-order valence-electron chi connectivity index (χ0n) is 32.8. The van der Waals surface area contributed by atoms with E-state index in [4.69, 9.17) is 4.74 Å². The molecule has 12 saturated carbocycles. The summed E-state index contributed by atoms with van der Waals surface area (Å²) in [6.45, 7) is 0. The highest BCUT2D eigenvalue weighted by atomic mass is 32.2. The molecule has 56 heavy (non-hydrogen) atoms. The van der Waals surface area contributed by atoms with Crippen LogP contribution in [-0.4, -0.2) is 18.9 Å². The van der Waals surface area contributed by atoms with E-state index in [0.717, 1.165) is 108 Å². The first-order valence-corrected chi connectivity index (χ1v) is 25.1. The maximum Gasteiger partial charge on any atom is 0.340 e. The summed E-state index contributed by atoms with van der Waals surface area (Å²) in [5, 5.41) is 0. The highest BCUT2D eigenvalue weighted by Gasteiger charge is 2.66. The monoisotopic (exact) mass is 771 g/mol. The Morgan fingerprint density at radius 1 is 0.536 bits per heavy atom. The molecule has 22 atom stereocenters. The second-order valence-electron chi connectivity index (χ2n) is 22.7. The quantitative estimate of drug-likeness (QED) is 0.159. The van der Waals surface area contributed by atoms with Crippen LogP contribution < -0.4 is 0 Å². The van der Waals surface area contributed by atoms with Crippen molar-refractivity contribution >= 4 is 16.1 Å². The van der Waals surface area contributed by atoms with Gasteiger partial charge in [0.05, 0.1) is 5.56 Å². The van der Waals surface area contributed by atoms with E-state index < -0.39 is 21.5 Å². The minimum absolute atomic E-state index is 0.243. The molecule has 5 nitrogen and oxygen atoms in total. The molecule has 2 aromatic rings. The SMILES string of the molecule is O=C(OC(c1ccccc1)S(=O)(=O)[O-])c1c(C2CC3CC2C2C4CCC(C4)C32)cc(C2CC3CC2C2C4CCC(C4)C32)cc1C1CC2CC1C1C3CCC(C3)C21. The van der Waals surface area contributed by atoms with Crippen LogP contribution in [0.25, 0.3) is 0 Å². The van der Waals surface area contributed by atoms with Crippen molar-refractivity contribution < 1.29 is 22.5 Å². The molecule has 22 unspecified atom stereocenters. The summed E-state index contributed by atoms with van der Waals surface area (Å²) in [5.41, 5.74) is 3.05. The van der Waals surface area contributed by atoms with Gasteiger partial charge >= 0.3 is 5.97 Å². The van der Waals surface area contributed by atoms with Gasteiger partial charge in [-0.25, -0.2) is 13.2 Å². The van der Waals surface area contributed by atoms with Gasteiger partial charge in [0.1, 0.15) is 10.1 Å². The maximum atomic E-state index is 15.3. The normalized spacial score (nSPS) is 52.0. The van der Waals surface area contributed by atoms with Gasteiger partial charge in [-0.15, -0.1) is 0 Å². The van der Waals surface area contributed by atoms with Crippen LogP contribution in [0.3, 0.4) is 0 Å². The molecular weight excluding hydrogens is 713 g/mol. The summed E-state index contributed by atoms with van der Waals surface area (Å²) in [4.78, 5) is 15.3. The Bertz CT molecular complexity index is 2040. The van der Waals surface area contributed by atoms with Crippen LogP contribution in [0.1, 0.15) is 152 Å². The van der Waals surface area contributed by atoms with Crippen molar-refractivity contribution in [2.45, 2.75) is 120 Å². The van der Waals surface area contributed by atoms with E-state index in [1.165, 1.54) is 100 Å². The van der Waals surface area contributed by atoms with Gasteiger partial charge in [-0.3, -0.25) is 0 Å². The highest BCUT2D eigenvalue weighted by Crippen LogP contribution is 2.74. The van der Waals surface area contributed by atoms with Gasteiger partial charge in [-0.05, 0) is 237 Å². The van der Waals surface area contributed by atoms with Crippen LogP contribution >= 0.6 is 0 Å². The van der Waals surface area contributed by atoms with Crippen LogP contribution in [-0.2, 0) is 14.9 Å². The maximum absolute atomic E-state index is 15.3. The predicted molar refractivity (Wildman–Crippen MR) is 211 cm³/mol. The average Bonchev–Trinajstić information content (AvgIpc) is 4.04. The zero-order chi connectivity index (χ0) is 36.9. The molecular formula is C50H59O5S-. The third-order valence-corrected chi connectivity index (χ3v) is 22.3. The van der Waals surface area contributed by atoms with Crippen molar-refractivity contribution in [3.05, 3.63) is 70.3 Å². The van der Waals surface area contributed by atoms with Crippen LogP contribution in [0.5, 0.6) is 0 Å². The summed E-state index contributed by atoms with van der Waals surface area (Å²) >= 11 is 0. The molecule has 0 saturated heterocycles. The fourth-order valence-corrected chi connectivity index (χ4v) is 21.3. The number of rotatable bonds is 7. The van der Waals surface area contributed by atoms with Gasteiger partial charge in [0.25, 0.3) is 0 Å². The molecule has 6 heteroatoms. The largest absolute Gasteiger partial charge is 0.745 e. The number of carbonyl (C=O) groups excluding carboxylic acids is 1. The van der Waals surface area contributed by atoms with Gasteiger partial charge in [0.2, 0.25) is 5.44 Å². The number of benzene rings is 2. The van der Waals surface area contributed by atoms with Gasteiger partial charge < -0.3 is 9.29 Å². The lowest BCUT2D eigenvalue weighted by Gasteiger charge is -2.42. The molecule has 0 N–H and O–H groups in total. The topological polar surface area (TPSA) is 83.5 Å². The lowest BCUT2D eigenvalue weighted by Crippen LogP contribution is -2.35. The van der Waals surface area contributed by atoms with Gasteiger partial charge in [0.15, 0.2) is 0 Å². The Labute approximate surface area is 333 Å². The molecule has 2 aromatic carbocycles. The van der Waals surface area contributed by atoms with E-state index in [0.29, 0.717) is 35.2 Å². The molecule has 0 aromatic heterocycles. The van der Waals surface area contributed by atoms with Gasteiger partial charge in [-0.1, -0.05) is 42.5 Å². The molecule has 12 fully saturated rings. The number of hydrogen-bond acceptors (Lipinski definition) is 5. The van der Waals surface area contributed by atoms with Crippen LogP contribution in [0.15, 0.2) is 42.5 Å². The number of ether oxygens (including phenoxy) is 1. The third-order valence-electron chi connectivity index (χ3n) is 21.4. The molecule has 0 heterocycles. The summed E-state index contributed by atoms with van der Waals surface area (Å²) in [7, 11) is -4.97. The first-order valence-electron chi connectivity index (χ1n) is 23.6. The molecule has 0 amide bonds. The zero-order valence-corrected chi connectivity index (χ0v) is 33.6. The predicted octanol–water partition coefficient (Wildman–Crippen LogP) is 10.4. The summed E-state index contributed by atoms with van der Waals surface area (Å²) < 4.78 is 45.2. The average molecular weight is 772 g/mol. The smallest absolute Gasteiger partial charge is 0.340 e. The van der Waals surface area contributed by atoms with Crippen molar-refractivity contribution in [3.8, 4) is 0 Å². The molecule has 12 bridgehead atoms. The van der Waals surface area contributed by atoms with Crippen LogP contribution in [0.2, 0.25) is 0 Å². The molecule has 12 aliphatic rings. The second kappa shape index (κ2) is 11.5. The van der Waals surface area contributed by atoms with Crippen molar-refractivity contribution in [2.24, 2.45) is 107 Å². The summed E-state index contributed by atoms with van der Waals surface area (Å²) in [6.07, 6.45) is 20.5. The minimum Gasteiger partial charge on any atom is -0.745 e. The molecule has 0 radical (unpaired) electrons. The van der Waals surface area contributed by atoms with E-state index in [9.17, 15) is 13.0 Å². The Balaban J connectivity index is 0.927. The van der Waals surface area contributed by atoms with Crippen molar-refractivity contribution in [1.29, 1.82) is 0 Å². The summed E-state index contributed by atoms with van der Waals surface area (Å²) in [5.74, 6) is 15.6. The van der Waals surface area contributed by atoms with Crippen LogP contribution in [0.4, 0.5) is 0 Å². The van der Waals surface area contributed by atoms with Crippen molar-refractivity contribution in [1.82, 2.24) is 0 Å². The first-order chi connectivity index (χ1) is 27.3. The number of fused-ring (bicyclic) bond motifs is 27. The standard InChI is InChI=1S/C50H60O5S/c51-49(55-50(56(52,53)54)23-4-2-1-3-5-23)48-40(35-18-32-21-38(35)46-28-10-7-25(13-28)43(32)46)15-30(34-17-31-20-37(34)45-27-9-6-24(12-27)42(31)45)16-41(48)36-19-33-22-39(36)47-29-11-8-26(14-29)44(33)47/h1-5,15-16,24-29,31-39,42-47,50H,6-14,17-22H2,(H,52,53,54)/p-1. The van der Waals surface area contributed by atoms with Crippen molar-refractivity contribution in [2.75, 3.05) is 0 Å². The second-order valence-corrected chi connectivity index (χ2v) is 24.1. The molecule has 12 aliphatic carbocycles. The first kappa shape index (κ1) is 33.6. The van der Waals surface area contributed by atoms with E-state index in [2.05, 4.69) is 12.1 Å². The lowest BCUT2D eigenvalue weighted by atomic mass is 9.62. The Morgan fingerprint density at radius 3 is 1.39 bits per heavy atom. The van der Waals surface area contributed by atoms with E-state index in [-0.39, 0.29) is 5.56 Å². The van der Waals surface area contributed by atoms with E-state index in [1.807, 2.05) is 0 Å². The van der Waals surface area contributed by atoms with E-state index in [1.54, 1.807) is 30.3 Å². The van der Waals surface area contributed by atoms with E-state index >= 15 is 4.79 Å². The lowest BCUT2D eigenvalue weighted by molar-refractivity contribution is 0.0418. The Morgan fingerprint density at radius 2 is 0.946 bits per heavy atom. The number of esters is 1. The fraction of sp³-hybridized carbons (Fsp3) is 0.740. The summed E-state index contributed by atoms with van der Waals surface area (Å²) in [6, 6.07) is 13.6. The molecule has 14 rings (SSSR count). The molecule has 0 aliphatic heterocycles. The number of hydrogen-bond donors (Lipinski definition) is 0. The van der Waals surface area contributed by atoms with Gasteiger partial charge in [0, 0.05) is 5.56 Å². The molecule has 0 spiro atoms. The minimum atomic E-state index is -4.97. The number of carbonyl (C=O) groups is 1. The van der Waals surface area contributed by atoms with Gasteiger partial charge in [-0.2, -0.15) is 0 Å².